The summed E-state index contributed by atoms with van der Waals surface area (Å²) in [5.41, 5.74) is 2.76. The summed E-state index contributed by atoms with van der Waals surface area (Å²) in [5.74, 6) is 0.479. The molecule has 1 aliphatic rings. The quantitative estimate of drug-likeness (QED) is 0.607. The second-order valence-corrected chi connectivity index (χ2v) is 10.2. The van der Waals surface area contributed by atoms with E-state index in [2.05, 4.69) is 13.8 Å². The van der Waals surface area contributed by atoms with Crippen molar-refractivity contribution in [1.29, 1.82) is 0 Å². The van der Waals surface area contributed by atoms with E-state index in [1.54, 1.807) is 22.5 Å². The number of hydrogen-bond acceptors (Lipinski definition) is 3. The van der Waals surface area contributed by atoms with Crippen LogP contribution in [0.25, 0.3) is 5.52 Å². The topological polar surface area (TPSA) is 58.9 Å². The van der Waals surface area contributed by atoms with Gasteiger partial charge in [-0.05, 0) is 61.1 Å². The number of nitrogens with zero attached hydrogens (tertiary/aromatic N) is 2. The first kappa shape index (κ1) is 19.9. The molecule has 0 N–H and O–H groups in total. The van der Waals surface area contributed by atoms with Crippen molar-refractivity contribution < 1.29 is 13.2 Å². The van der Waals surface area contributed by atoms with Gasteiger partial charge in [0.2, 0.25) is 15.8 Å². The summed E-state index contributed by atoms with van der Waals surface area (Å²) in [7, 11) is -3.63. The van der Waals surface area contributed by atoms with E-state index in [1.807, 2.05) is 41.8 Å². The van der Waals surface area contributed by atoms with Crippen molar-refractivity contribution in [2.75, 3.05) is 13.1 Å². The Morgan fingerprint density at radius 2 is 1.72 bits per heavy atom. The van der Waals surface area contributed by atoms with E-state index in [0.29, 0.717) is 36.2 Å². The van der Waals surface area contributed by atoms with E-state index >= 15 is 0 Å². The number of benzene rings is 1. The summed E-state index contributed by atoms with van der Waals surface area (Å²) >= 11 is 0. The zero-order valence-electron chi connectivity index (χ0n) is 17.0. The van der Waals surface area contributed by atoms with Gasteiger partial charge in [-0.2, -0.15) is 4.31 Å². The fourth-order valence-electron chi connectivity index (χ4n) is 4.43. The Morgan fingerprint density at radius 3 is 2.45 bits per heavy atom. The minimum atomic E-state index is -3.63. The Labute approximate surface area is 172 Å². The SMILES string of the molecule is Cc1cc2ccccn2c1C(=O)c1cccc(S(=O)(=O)N2C[C@H](C)C[C@H](C)C2)c1. The van der Waals surface area contributed by atoms with Crippen molar-refractivity contribution in [2.45, 2.75) is 32.1 Å². The smallest absolute Gasteiger partial charge is 0.243 e. The number of aryl methyl sites for hydroxylation is 1. The molecule has 1 saturated heterocycles. The molecule has 0 bridgehead atoms. The molecule has 1 fully saturated rings. The maximum absolute atomic E-state index is 13.3. The van der Waals surface area contributed by atoms with Gasteiger partial charge in [-0.25, -0.2) is 8.42 Å². The highest BCUT2D eigenvalue weighted by Crippen LogP contribution is 2.28. The average molecular weight is 411 g/mol. The standard InChI is InChI=1S/C23H26N2O3S/c1-16-11-17(2)15-24(14-16)29(27,28)21-9-6-7-19(13-21)23(26)22-18(3)12-20-8-4-5-10-25(20)22/h4-10,12-13,16-17H,11,14-15H2,1-3H3/t16-,17+. The summed E-state index contributed by atoms with van der Waals surface area (Å²) < 4.78 is 29.9. The molecule has 1 aromatic carbocycles. The Balaban J connectivity index is 1.72. The minimum absolute atomic E-state index is 0.175. The summed E-state index contributed by atoms with van der Waals surface area (Å²) in [5, 5.41) is 0. The number of carbonyl (C=O) groups excluding carboxylic acids is 1. The number of pyridine rings is 1. The van der Waals surface area contributed by atoms with Crippen LogP contribution in [0.4, 0.5) is 0 Å². The molecule has 0 saturated carbocycles. The van der Waals surface area contributed by atoms with Crippen LogP contribution < -0.4 is 0 Å². The lowest BCUT2D eigenvalue weighted by atomic mass is 9.94. The first-order chi connectivity index (χ1) is 13.8. The Kier molecular flexibility index (Phi) is 5.09. The zero-order valence-corrected chi connectivity index (χ0v) is 17.8. The van der Waals surface area contributed by atoms with Gasteiger partial charge in [0.15, 0.2) is 0 Å². The first-order valence-corrected chi connectivity index (χ1v) is 11.4. The molecule has 0 unspecified atom stereocenters. The van der Waals surface area contributed by atoms with Crippen molar-refractivity contribution in [3.63, 3.8) is 0 Å². The molecule has 6 heteroatoms. The highest BCUT2D eigenvalue weighted by atomic mass is 32.2. The van der Waals surface area contributed by atoms with Crippen molar-refractivity contribution in [3.8, 4) is 0 Å². The third-order valence-electron chi connectivity index (χ3n) is 5.65. The minimum Gasteiger partial charge on any atom is -0.313 e. The lowest BCUT2D eigenvalue weighted by Gasteiger charge is -2.34. The van der Waals surface area contributed by atoms with Crippen LogP contribution in [0.1, 0.15) is 41.9 Å². The number of rotatable bonds is 4. The normalized spacial score (nSPS) is 20.8. The summed E-state index contributed by atoms with van der Waals surface area (Å²) in [6.07, 6.45) is 2.89. The van der Waals surface area contributed by atoms with Gasteiger partial charge in [0.25, 0.3) is 0 Å². The maximum Gasteiger partial charge on any atom is 0.243 e. The van der Waals surface area contributed by atoms with Crippen molar-refractivity contribution in [3.05, 3.63) is 71.5 Å². The summed E-state index contributed by atoms with van der Waals surface area (Å²) in [6.45, 7) is 7.11. The second kappa shape index (κ2) is 7.43. The monoisotopic (exact) mass is 410 g/mol. The van der Waals surface area contributed by atoms with E-state index in [-0.39, 0.29) is 10.7 Å². The van der Waals surface area contributed by atoms with Crippen LogP contribution in [0.15, 0.2) is 59.6 Å². The average Bonchev–Trinajstić information content (AvgIpc) is 3.02. The molecule has 0 amide bonds. The van der Waals surface area contributed by atoms with Gasteiger partial charge in [-0.1, -0.05) is 32.0 Å². The van der Waals surface area contributed by atoms with E-state index in [9.17, 15) is 13.2 Å². The third-order valence-corrected chi connectivity index (χ3v) is 7.48. The van der Waals surface area contributed by atoms with Gasteiger partial charge in [-0.15, -0.1) is 0 Å². The number of ketones is 1. The molecule has 0 spiro atoms. The molecule has 2 atom stereocenters. The largest absolute Gasteiger partial charge is 0.313 e. The maximum atomic E-state index is 13.3. The van der Waals surface area contributed by atoms with Crippen LogP contribution in [-0.4, -0.2) is 36.0 Å². The summed E-state index contributed by atoms with van der Waals surface area (Å²) in [4.78, 5) is 13.5. The fourth-order valence-corrected chi connectivity index (χ4v) is 6.16. The molecule has 0 radical (unpaired) electrons. The molecule has 2 aromatic heterocycles. The van der Waals surface area contributed by atoms with Crippen LogP contribution in [0.5, 0.6) is 0 Å². The molecule has 0 aliphatic carbocycles. The van der Waals surface area contributed by atoms with E-state index in [4.69, 9.17) is 0 Å². The van der Waals surface area contributed by atoms with Gasteiger partial charge >= 0.3 is 0 Å². The fraction of sp³-hybridized carbons (Fsp3) is 0.348. The van der Waals surface area contributed by atoms with E-state index in [0.717, 1.165) is 17.5 Å². The Hall–Kier alpha value is -2.44. The van der Waals surface area contributed by atoms with Crippen LogP contribution in [-0.2, 0) is 10.0 Å². The molecule has 4 rings (SSSR count). The number of piperidine rings is 1. The van der Waals surface area contributed by atoms with Gasteiger partial charge < -0.3 is 4.40 Å². The predicted octanol–water partition coefficient (Wildman–Crippen LogP) is 4.15. The molecule has 1 aliphatic heterocycles. The van der Waals surface area contributed by atoms with Crippen LogP contribution >= 0.6 is 0 Å². The third kappa shape index (κ3) is 3.63. The van der Waals surface area contributed by atoms with Crippen LogP contribution in [0.3, 0.4) is 0 Å². The van der Waals surface area contributed by atoms with Crippen molar-refractivity contribution in [1.82, 2.24) is 8.71 Å². The molecule has 5 nitrogen and oxygen atoms in total. The van der Waals surface area contributed by atoms with Gasteiger partial charge in [0.1, 0.15) is 0 Å². The molecule has 29 heavy (non-hydrogen) atoms. The zero-order chi connectivity index (χ0) is 20.8. The van der Waals surface area contributed by atoms with Crippen LogP contribution in [0, 0.1) is 18.8 Å². The number of fused-ring (bicyclic) bond motifs is 1. The molecular weight excluding hydrogens is 384 g/mol. The van der Waals surface area contributed by atoms with Crippen molar-refractivity contribution >= 4 is 21.3 Å². The highest BCUT2D eigenvalue weighted by molar-refractivity contribution is 7.89. The lowest BCUT2D eigenvalue weighted by molar-refractivity contribution is 0.103. The number of hydrogen-bond donors (Lipinski definition) is 0. The Bertz CT molecular complexity index is 1170. The molecule has 3 aromatic rings. The number of carbonyl (C=O) groups is 1. The van der Waals surface area contributed by atoms with E-state index < -0.39 is 10.0 Å². The second-order valence-electron chi connectivity index (χ2n) is 8.30. The molecule has 152 valence electrons. The van der Waals surface area contributed by atoms with E-state index in [1.165, 1.54) is 6.07 Å². The summed E-state index contributed by atoms with van der Waals surface area (Å²) in [6, 6.07) is 14.2. The molecular formula is C23H26N2O3S. The highest BCUT2D eigenvalue weighted by Gasteiger charge is 2.32. The van der Waals surface area contributed by atoms with Gasteiger partial charge in [0, 0.05) is 30.4 Å². The molecule has 3 heterocycles. The van der Waals surface area contributed by atoms with Gasteiger partial charge in [-0.3, -0.25) is 4.79 Å². The van der Waals surface area contributed by atoms with Crippen molar-refractivity contribution in [2.24, 2.45) is 11.8 Å². The van der Waals surface area contributed by atoms with Crippen LogP contribution in [0.2, 0.25) is 0 Å². The van der Waals surface area contributed by atoms with Gasteiger partial charge in [0.05, 0.1) is 10.6 Å². The first-order valence-electron chi connectivity index (χ1n) is 9.99. The number of aromatic nitrogens is 1. The number of sulfonamides is 1. The lowest BCUT2D eigenvalue weighted by Crippen LogP contribution is -2.42. The predicted molar refractivity (Wildman–Crippen MR) is 114 cm³/mol. The Morgan fingerprint density at radius 1 is 1.00 bits per heavy atom.